The van der Waals surface area contributed by atoms with Crippen molar-refractivity contribution < 1.29 is 0 Å². The molecule has 5 heteroatoms. The number of nitrogens with zero attached hydrogens (tertiary/aromatic N) is 1. The first-order valence-electron chi connectivity index (χ1n) is 3.36. The van der Waals surface area contributed by atoms with E-state index >= 15 is 0 Å². The van der Waals surface area contributed by atoms with Crippen molar-refractivity contribution in [2.45, 2.75) is 6.42 Å². The molecule has 0 atom stereocenters. The van der Waals surface area contributed by atoms with Crippen LogP contribution in [0.5, 0.6) is 0 Å². The van der Waals surface area contributed by atoms with Gasteiger partial charge in [-0.1, -0.05) is 6.08 Å². The molecule has 5 nitrogen and oxygen atoms in total. The van der Waals surface area contributed by atoms with Gasteiger partial charge < -0.3 is 10.8 Å². The predicted octanol–water partition coefficient (Wildman–Crippen LogP) is -1.02. The van der Waals surface area contributed by atoms with Crippen LogP contribution in [0.4, 0.5) is 0 Å². The molecule has 64 valence electrons. The van der Waals surface area contributed by atoms with E-state index in [1.807, 2.05) is 0 Å². The van der Waals surface area contributed by atoms with Crippen molar-refractivity contribution in [3.05, 3.63) is 45.3 Å². The smallest absolute Gasteiger partial charge is 0.332 e. The van der Waals surface area contributed by atoms with Crippen LogP contribution in [-0.2, 0) is 6.42 Å². The van der Waals surface area contributed by atoms with Crippen LogP contribution in [-0.4, -0.2) is 9.66 Å². The second kappa shape index (κ2) is 3.08. The number of rotatable bonds is 2. The average molecular weight is 167 g/mol. The van der Waals surface area contributed by atoms with Crippen LogP contribution in [0.3, 0.4) is 0 Å². The minimum absolute atomic E-state index is 0.396. The van der Waals surface area contributed by atoms with Crippen LogP contribution in [0.2, 0.25) is 0 Å². The molecule has 12 heavy (non-hydrogen) atoms. The summed E-state index contributed by atoms with van der Waals surface area (Å²) in [6.07, 6.45) is 3.30. The number of nitrogen functional groups attached to an aromatic ring is 1. The van der Waals surface area contributed by atoms with Gasteiger partial charge in [-0.15, -0.1) is 6.58 Å². The molecule has 0 saturated heterocycles. The van der Waals surface area contributed by atoms with Crippen molar-refractivity contribution in [3.63, 3.8) is 0 Å². The fourth-order valence-corrected chi connectivity index (χ4v) is 0.829. The van der Waals surface area contributed by atoms with E-state index in [1.54, 1.807) is 6.08 Å². The highest BCUT2D eigenvalue weighted by molar-refractivity contribution is 5.08. The summed E-state index contributed by atoms with van der Waals surface area (Å²) in [5, 5.41) is 0. The Balaban J connectivity index is 3.36. The SMILES string of the molecule is C=CCc1c[nH]c(=O)n(N)c1=O. The molecular formula is C7H9N3O2. The molecule has 0 aliphatic heterocycles. The molecule has 0 amide bonds. The van der Waals surface area contributed by atoms with E-state index in [0.717, 1.165) is 0 Å². The maximum atomic E-state index is 11.1. The lowest BCUT2D eigenvalue weighted by Gasteiger charge is -1.97. The summed E-state index contributed by atoms with van der Waals surface area (Å²) >= 11 is 0. The van der Waals surface area contributed by atoms with Gasteiger partial charge in [0, 0.05) is 11.8 Å². The minimum Gasteiger partial charge on any atom is -0.332 e. The molecule has 1 heterocycles. The van der Waals surface area contributed by atoms with Gasteiger partial charge in [0.1, 0.15) is 0 Å². The van der Waals surface area contributed by atoms with Gasteiger partial charge in [0.15, 0.2) is 0 Å². The van der Waals surface area contributed by atoms with Gasteiger partial charge in [0.2, 0.25) is 0 Å². The van der Waals surface area contributed by atoms with Crippen molar-refractivity contribution in [2.24, 2.45) is 0 Å². The Bertz CT molecular complexity index is 402. The van der Waals surface area contributed by atoms with Crippen molar-refractivity contribution in [3.8, 4) is 0 Å². The standard InChI is InChI=1S/C7H9N3O2/c1-2-3-5-4-9-7(12)10(8)6(5)11/h2,4H,1,3,8H2,(H,9,12). The molecule has 0 fully saturated rings. The minimum atomic E-state index is -0.618. The van der Waals surface area contributed by atoms with E-state index in [0.29, 0.717) is 16.7 Å². The fourth-order valence-electron chi connectivity index (χ4n) is 0.829. The summed E-state index contributed by atoms with van der Waals surface area (Å²) in [6.45, 7) is 3.47. The Morgan fingerprint density at radius 3 is 2.92 bits per heavy atom. The summed E-state index contributed by atoms with van der Waals surface area (Å²) in [5.41, 5.74) is -0.682. The molecule has 0 unspecified atom stereocenters. The van der Waals surface area contributed by atoms with E-state index in [-0.39, 0.29) is 0 Å². The summed E-state index contributed by atoms with van der Waals surface area (Å²) in [5.74, 6) is 5.14. The number of hydrogen-bond donors (Lipinski definition) is 2. The average Bonchev–Trinajstić information content (AvgIpc) is 2.07. The number of aromatic nitrogens is 2. The quantitative estimate of drug-likeness (QED) is 0.437. The normalized spacial score (nSPS) is 9.67. The largest absolute Gasteiger partial charge is 0.347 e. The van der Waals surface area contributed by atoms with Crippen LogP contribution in [0.15, 0.2) is 28.4 Å². The topological polar surface area (TPSA) is 80.9 Å². The Labute approximate surface area is 68.1 Å². The molecule has 0 aliphatic carbocycles. The zero-order chi connectivity index (χ0) is 9.14. The van der Waals surface area contributed by atoms with E-state index in [4.69, 9.17) is 5.84 Å². The van der Waals surface area contributed by atoms with Crippen molar-refractivity contribution >= 4 is 0 Å². The molecule has 1 rings (SSSR count). The second-order valence-electron chi connectivity index (χ2n) is 2.29. The van der Waals surface area contributed by atoms with Crippen LogP contribution >= 0.6 is 0 Å². The van der Waals surface area contributed by atoms with E-state index in [1.165, 1.54) is 6.20 Å². The van der Waals surface area contributed by atoms with Crippen LogP contribution < -0.4 is 17.1 Å². The first-order valence-corrected chi connectivity index (χ1v) is 3.36. The number of allylic oxidation sites excluding steroid dienone is 1. The number of nitrogens with one attached hydrogen (secondary N) is 1. The molecular weight excluding hydrogens is 158 g/mol. The Kier molecular flexibility index (Phi) is 2.14. The lowest BCUT2D eigenvalue weighted by molar-refractivity contribution is 0.812. The van der Waals surface area contributed by atoms with Gasteiger partial charge in [0.25, 0.3) is 5.56 Å². The summed E-state index contributed by atoms with van der Waals surface area (Å²) in [7, 11) is 0. The maximum Gasteiger partial charge on any atom is 0.347 e. The maximum absolute atomic E-state index is 11.1. The van der Waals surface area contributed by atoms with Gasteiger partial charge in [-0.3, -0.25) is 4.79 Å². The first kappa shape index (κ1) is 8.32. The number of aromatic amines is 1. The van der Waals surface area contributed by atoms with Gasteiger partial charge in [-0.2, -0.15) is 4.68 Å². The molecule has 1 aromatic rings. The Hall–Kier alpha value is -1.78. The third kappa shape index (κ3) is 1.29. The molecule has 0 saturated carbocycles. The predicted molar refractivity (Wildman–Crippen MR) is 45.4 cm³/mol. The molecule has 3 N–H and O–H groups in total. The number of hydrogen-bond acceptors (Lipinski definition) is 3. The van der Waals surface area contributed by atoms with E-state index in [9.17, 15) is 9.59 Å². The number of nitrogens with two attached hydrogens (primary N) is 1. The monoisotopic (exact) mass is 167 g/mol. The van der Waals surface area contributed by atoms with Gasteiger partial charge in [-0.05, 0) is 6.42 Å². The lowest BCUT2D eigenvalue weighted by atomic mass is 10.2. The second-order valence-corrected chi connectivity index (χ2v) is 2.29. The molecule has 0 bridgehead atoms. The van der Waals surface area contributed by atoms with Gasteiger partial charge >= 0.3 is 5.69 Å². The highest BCUT2D eigenvalue weighted by atomic mass is 16.2. The molecule has 0 radical (unpaired) electrons. The highest BCUT2D eigenvalue weighted by Crippen LogP contribution is 1.86. The third-order valence-electron chi connectivity index (χ3n) is 1.45. The van der Waals surface area contributed by atoms with Gasteiger partial charge in [-0.25, -0.2) is 4.79 Å². The summed E-state index contributed by atoms with van der Waals surface area (Å²) in [6, 6.07) is 0. The van der Waals surface area contributed by atoms with Crippen molar-refractivity contribution in [2.75, 3.05) is 5.84 Å². The zero-order valence-electron chi connectivity index (χ0n) is 6.41. The van der Waals surface area contributed by atoms with E-state index in [2.05, 4.69) is 11.6 Å². The zero-order valence-corrected chi connectivity index (χ0v) is 6.41. The van der Waals surface area contributed by atoms with Crippen LogP contribution in [0.1, 0.15) is 5.56 Å². The summed E-state index contributed by atoms with van der Waals surface area (Å²) in [4.78, 5) is 24.2. The number of H-pyrrole nitrogens is 1. The lowest BCUT2D eigenvalue weighted by Crippen LogP contribution is -2.41. The van der Waals surface area contributed by atoms with Crippen LogP contribution in [0.25, 0.3) is 0 Å². The van der Waals surface area contributed by atoms with Crippen molar-refractivity contribution in [1.29, 1.82) is 0 Å². The first-order chi connectivity index (χ1) is 5.66. The Morgan fingerprint density at radius 2 is 2.33 bits per heavy atom. The third-order valence-corrected chi connectivity index (χ3v) is 1.45. The summed E-state index contributed by atoms with van der Waals surface area (Å²) < 4.78 is 0.541. The van der Waals surface area contributed by atoms with Gasteiger partial charge in [0.05, 0.1) is 0 Å². The molecule has 0 aromatic carbocycles. The Morgan fingerprint density at radius 1 is 1.67 bits per heavy atom. The molecule has 0 aliphatic rings. The highest BCUT2D eigenvalue weighted by Gasteiger charge is 2.01. The molecule has 0 spiro atoms. The van der Waals surface area contributed by atoms with Crippen LogP contribution in [0, 0.1) is 0 Å². The molecule has 1 aromatic heterocycles. The van der Waals surface area contributed by atoms with Crippen molar-refractivity contribution in [1.82, 2.24) is 9.66 Å². The van der Waals surface area contributed by atoms with E-state index < -0.39 is 11.2 Å². The fraction of sp³-hybridized carbons (Fsp3) is 0.143.